The fourth-order valence-electron chi connectivity index (χ4n) is 2.67. The van der Waals surface area contributed by atoms with Crippen molar-refractivity contribution in [3.63, 3.8) is 0 Å². The highest BCUT2D eigenvalue weighted by Gasteiger charge is 2.05. The molecule has 1 N–H and O–H groups in total. The van der Waals surface area contributed by atoms with Crippen LogP contribution >= 0.6 is 11.6 Å². The molecule has 3 aromatic rings. The number of ether oxygens (including phenoxy) is 1. The van der Waals surface area contributed by atoms with Gasteiger partial charge in [-0.25, -0.2) is 0 Å². The summed E-state index contributed by atoms with van der Waals surface area (Å²) in [6.45, 7) is 3.48. The molecule has 0 aromatic heterocycles. The Morgan fingerprint density at radius 3 is 2.44 bits per heavy atom. The lowest BCUT2D eigenvalue weighted by Crippen LogP contribution is -2.17. The maximum atomic E-state index is 6.01. The van der Waals surface area contributed by atoms with Crippen molar-refractivity contribution in [3.05, 3.63) is 101 Å². The predicted octanol–water partition coefficient (Wildman–Crippen LogP) is 5.77. The standard InChI is InChI=1S/C22H22ClNO/c1-17(20-9-3-2-4-10-20)24-15-18-7-6-12-22(14-18)25-16-19-8-5-11-21(23)13-19/h2-14,17,24H,15-16H2,1H3/t17-/m1/s1. The Kier molecular flexibility index (Phi) is 6.10. The minimum absolute atomic E-state index is 0.303. The lowest BCUT2D eigenvalue weighted by molar-refractivity contribution is 0.306. The van der Waals surface area contributed by atoms with E-state index in [0.29, 0.717) is 12.6 Å². The van der Waals surface area contributed by atoms with Gasteiger partial charge in [0.25, 0.3) is 0 Å². The summed E-state index contributed by atoms with van der Waals surface area (Å²) < 4.78 is 5.89. The van der Waals surface area contributed by atoms with Crippen LogP contribution in [-0.4, -0.2) is 0 Å². The Hall–Kier alpha value is -2.29. The average Bonchev–Trinajstić information content (AvgIpc) is 2.65. The monoisotopic (exact) mass is 351 g/mol. The van der Waals surface area contributed by atoms with Crippen LogP contribution < -0.4 is 10.1 Å². The minimum Gasteiger partial charge on any atom is -0.489 e. The second-order valence-electron chi connectivity index (χ2n) is 6.08. The van der Waals surface area contributed by atoms with Crippen LogP contribution in [0.25, 0.3) is 0 Å². The van der Waals surface area contributed by atoms with E-state index < -0.39 is 0 Å². The molecule has 0 bridgehead atoms. The van der Waals surface area contributed by atoms with Gasteiger partial charge in [0.15, 0.2) is 0 Å². The first-order valence-electron chi connectivity index (χ1n) is 8.45. The fourth-order valence-corrected chi connectivity index (χ4v) is 2.88. The second-order valence-corrected chi connectivity index (χ2v) is 6.52. The Bertz CT molecular complexity index is 804. The van der Waals surface area contributed by atoms with Crippen LogP contribution in [0.5, 0.6) is 5.75 Å². The van der Waals surface area contributed by atoms with Gasteiger partial charge in [0.05, 0.1) is 0 Å². The third-order valence-electron chi connectivity index (χ3n) is 4.10. The van der Waals surface area contributed by atoms with Crippen molar-refractivity contribution < 1.29 is 4.74 Å². The van der Waals surface area contributed by atoms with Crippen LogP contribution in [0.2, 0.25) is 5.02 Å². The van der Waals surface area contributed by atoms with Gasteiger partial charge in [-0.05, 0) is 47.9 Å². The van der Waals surface area contributed by atoms with Crippen molar-refractivity contribution in [3.8, 4) is 5.75 Å². The van der Waals surface area contributed by atoms with Crippen molar-refractivity contribution in [2.75, 3.05) is 0 Å². The first kappa shape index (κ1) is 17.5. The summed E-state index contributed by atoms with van der Waals surface area (Å²) >= 11 is 6.01. The minimum atomic E-state index is 0.303. The molecule has 0 aliphatic carbocycles. The Balaban J connectivity index is 1.56. The molecule has 0 spiro atoms. The zero-order valence-corrected chi connectivity index (χ0v) is 15.0. The molecular weight excluding hydrogens is 330 g/mol. The number of hydrogen-bond acceptors (Lipinski definition) is 2. The molecule has 0 aliphatic heterocycles. The molecule has 0 radical (unpaired) electrons. The molecule has 0 fully saturated rings. The van der Waals surface area contributed by atoms with Gasteiger partial charge in [0.1, 0.15) is 12.4 Å². The van der Waals surface area contributed by atoms with Crippen LogP contribution in [0.1, 0.15) is 29.7 Å². The van der Waals surface area contributed by atoms with Crippen molar-refractivity contribution in [1.29, 1.82) is 0 Å². The quantitative estimate of drug-likeness (QED) is 0.583. The van der Waals surface area contributed by atoms with E-state index >= 15 is 0 Å². The van der Waals surface area contributed by atoms with Gasteiger partial charge in [0.2, 0.25) is 0 Å². The first-order chi connectivity index (χ1) is 12.2. The Labute approximate surface area is 154 Å². The SMILES string of the molecule is C[C@@H](NCc1cccc(OCc2cccc(Cl)c2)c1)c1ccccc1. The van der Waals surface area contributed by atoms with Crippen LogP contribution in [-0.2, 0) is 13.2 Å². The molecule has 0 unspecified atom stereocenters. The molecule has 1 atom stereocenters. The van der Waals surface area contributed by atoms with Gasteiger partial charge in [0, 0.05) is 17.6 Å². The van der Waals surface area contributed by atoms with Crippen molar-refractivity contribution >= 4 is 11.6 Å². The van der Waals surface area contributed by atoms with E-state index in [4.69, 9.17) is 16.3 Å². The fraction of sp³-hybridized carbons (Fsp3) is 0.182. The lowest BCUT2D eigenvalue weighted by atomic mass is 10.1. The second kappa shape index (κ2) is 8.70. The van der Waals surface area contributed by atoms with Gasteiger partial charge >= 0.3 is 0 Å². The molecule has 0 saturated carbocycles. The van der Waals surface area contributed by atoms with E-state index in [2.05, 4.69) is 48.6 Å². The summed E-state index contributed by atoms with van der Waals surface area (Å²) in [6, 6.07) is 26.7. The third kappa shape index (κ3) is 5.35. The number of halogens is 1. The topological polar surface area (TPSA) is 21.3 Å². The average molecular weight is 352 g/mol. The molecule has 25 heavy (non-hydrogen) atoms. The van der Waals surface area contributed by atoms with Gasteiger partial charge in [-0.15, -0.1) is 0 Å². The van der Waals surface area contributed by atoms with Gasteiger partial charge in [-0.3, -0.25) is 0 Å². The largest absolute Gasteiger partial charge is 0.489 e. The van der Waals surface area contributed by atoms with Gasteiger partial charge < -0.3 is 10.1 Å². The van der Waals surface area contributed by atoms with Crippen molar-refractivity contribution in [2.24, 2.45) is 0 Å². The number of nitrogens with one attached hydrogen (secondary N) is 1. The van der Waals surface area contributed by atoms with E-state index in [9.17, 15) is 0 Å². The summed E-state index contributed by atoms with van der Waals surface area (Å²) in [5.41, 5.74) is 3.55. The maximum Gasteiger partial charge on any atom is 0.120 e. The van der Waals surface area contributed by atoms with E-state index in [0.717, 1.165) is 22.9 Å². The molecule has 3 heteroatoms. The van der Waals surface area contributed by atoms with E-state index in [1.807, 2.05) is 42.5 Å². The summed E-state index contributed by atoms with van der Waals surface area (Å²) in [7, 11) is 0. The smallest absolute Gasteiger partial charge is 0.120 e. The number of rotatable bonds is 7. The molecule has 0 aliphatic rings. The van der Waals surface area contributed by atoms with E-state index in [1.54, 1.807) is 0 Å². The van der Waals surface area contributed by atoms with Gasteiger partial charge in [-0.1, -0.05) is 66.2 Å². The Morgan fingerprint density at radius 1 is 0.880 bits per heavy atom. The summed E-state index contributed by atoms with van der Waals surface area (Å²) in [5.74, 6) is 0.867. The molecular formula is C22H22ClNO. The summed E-state index contributed by atoms with van der Waals surface area (Å²) in [6.07, 6.45) is 0. The highest BCUT2D eigenvalue weighted by Crippen LogP contribution is 2.18. The molecule has 3 aromatic carbocycles. The maximum absolute atomic E-state index is 6.01. The molecule has 0 heterocycles. The van der Waals surface area contributed by atoms with Crippen molar-refractivity contribution in [2.45, 2.75) is 26.1 Å². The number of benzene rings is 3. The number of hydrogen-bond donors (Lipinski definition) is 1. The molecule has 3 rings (SSSR count). The molecule has 2 nitrogen and oxygen atoms in total. The molecule has 0 amide bonds. The van der Waals surface area contributed by atoms with Crippen molar-refractivity contribution in [1.82, 2.24) is 5.32 Å². The third-order valence-corrected chi connectivity index (χ3v) is 4.34. The lowest BCUT2D eigenvalue weighted by Gasteiger charge is -2.15. The summed E-state index contributed by atoms with van der Waals surface area (Å²) in [5, 5.41) is 4.28. The van der Waals surface area contributed by atoms with Gasteiger partial charge in [-0.2, -0.15) is 0 Å². The first-order valence-corrected chi connectivity index (χ1v) is 8.83. The molecule has 0 saturated heterocycles. The van der Waals surface area contributed by atoms with E-state index in [1.165, 1.54) is 11.1 Å². The zero-order valence-electron chi connectivity index (χ0n) is 14.3. The highest BCUT2D eigenvalue weighted by atomic mass is 35.5. The molecule has 128 valence electrons. The predicted molar refractivity (Wildman–Crippen MR) is 104 cm³/mol. The normalized spacial score (nSPS) is 11.9. The zero-order chi connectivity index (χ0) is 17.5. The summed E-state index contributed by atoms with van der Waals surface area (Å²) in [4.78, 5) is 0. The van der Waals surface area contributed by atoms with Crippen LogP contribution in [0, 0.1) is 0 Å². The van der Waals surface area contributed by atoms with Crippen LogP contribution in [0.3, 0.4) is 0 Å². The highest BCUT2D eigenvalue weighted by molar-refractivity contribution is 6.30. The van der Waals surface area contributed by atoms with Crippen LogP contribution in [0.4, 0.5) is 0 Å². The van der Waals surface area contributed by atoms with Crippen LogP contribution in [0.15, 0.2) is 78.9 Å². The Morgan fingerprint density at radius 2 is 1.64 bits per heavy atom. The van der Waals surface area contributed by atoms with E-state index in [-0.39, 0.29) is 0 Å².